The molecule has 1 amide bonds. The number of hydrogen-bond acceptors (Lipinski definition) is 4. The summed E-state index contributed by atoms with van der Waals surface area (Å²) in [6.07, 6.45) is 2.67. The van der Waals surface area contributed by atoms with Crippen molar-refractivity contribution in [2.24, 2.45) is 0 Å². The standard InChI is InChI=1S/C20H16BrCl2NO2S2/c1-2-7-24-19(25)18(28-20(24)27)9-13-8-14(21)4-6-17(13)26-11-12-3-5-15(22)10-16(12)23/h3-6,8-10H,2,7,11H2,1H3/b18-9+. The number of hydrogen-bond donors (Lipinski definition) is 0. The van der Waals surface area contributed by atoms with Gasteiger partial charge in [-0.1, -0.05) is 76.1 Å². The predicted molar refractivity (Wildman–Crippen MR) is 125 cm³/mol. The summed E-state index contributed by atoms with van der Waals surface area (Å²) in [6.45, 7) is 2.93. The number of benzene rings is 2. The lowest BCUT2D eigenvalue weighted by Crippen LogP contribution is -2.28. The summed E-state index contributed by atoms with van der Waals surface area (Å²) in [6, 6.07) is 10.9. The van der Waals surface area contributed by atoms with Crippen molar-refractivity contribution in [2.45, 2.75) is 20.0 Å². The van der Waals surface area contributed by atoms with Crippen molar-refractivity contribution in [3.8, 4) is 5.75 Å². The van der Waals surface area contributed by atoms with Gasteiger partial charge in [-0.3, -0.25) is 9.69 Å². The molecule has 3 nitrogen and oxygen atoms in total. The fraction of sp³-hybridized carbons (Fsp3) is 0.200. The molecule has 0 saturated carbocycles. The quantitative estimate of drug-likeness (QED) is 0.307. The van der Waals surface area contributed by atoms with Gasteiger partial charge in [-0.15, -0.1) is 0 Å². The van der Waals surface area contributed by atoms with Gasteiger partial charge in [-0.2, -0.15) is 0 Å². The second-order valence-corrected chi connectivity index (χ2v) is 9.47. The van der Waals surface area contributed by atoms with Crippen LogP contribution in [0, 0.1) is 0 Å². The largest absolute Gasteiger partial charge is 0.488 e. The molecule has 0 aromatic heterocycles. The molecular formula is C20H16BrCl2NO2S2. The van der Waals surface area contributed by atoms with Crippen LogP contribution in [0.4, 0.5) is 0 Å². The second-order valence-electron chi connectivity index (χ2n) is 6.04. The Bertz CT molecular complexity index is 965. The number of thiocarbonyl (C=S) groups is 1. The first-order valence-electron chi connectivity index (χ1n) is 8.50. The number of amides is 1. The van der Waals surface area contributed by atoms with E-state index < -0.39 is 0 Å². The van der Waals surface area contributed by atoms with Gasteiger partial charge in [0, 0.05) is 32.2 Å². The summed E-state index contributed by atoms with van der Waals surface area (Å²) >= 11 is 22.3. The van der Waals surface area contributed by atoms with Gasteiger partial charge in [-0.25, -0.2) is 0 Å². The van der Waals surface area contributed by atoms with Crippen molar-refractivity contribution < 1.29 is 9.53 Å². The number of rotatable bonds is 6. The van der Waals surface area contributed by atoms with Crippen LogP contribution in [0.3, 0.4) is 0 Å². The molecule has 0 bridgehead atoms. The highest BCUT2D eigenvalue weighted by Gasteiger charge is 2.31. The van der Waals surface area contributed by atoms with Crippen LogP contribution in [0.2, 0.25) is 10.0 Å². The fourth-order valence-electron chi connectivity index (χ4n) is 2.62. The molecule has 0 radical (unpaired) electrons. The first-order chi connectivity index (χ1) is 13.4. The van der Waals surface area contributed by atoms with Gasteiger partial charge in [0.1, 0.15) is 16.7 Å². The highest BCUT2D eigenvalue weighted by Crippen LogP contribution is 2.35. The third-order valence-corrected chi connectivity index (χ3v) is 6.44. The molecule has 0 aliphatic carbocycles. The van der Waals surface area contributed by atoms with Crippen molar-refractivity contribution in [1.82, 2.24) is 4.90 Å². The molecule has 8 heteroatoms. The van der Waals surface area contributed by atoms with E-state index >= 15 is 0 Å². The maximum atomic E-state index is 12.6. The van der Waals surface area contributed by atoms with Crippen LogP contribution in [0.25, 0.3) is 6.08 Å². The number of ether oxygens (including phenoxy) is 1. The number of nitrogens with zero attached hydrogens (tertiary/aromatic N) is 1. The van der Waals surface area contributed by atoms with E-state index in [1.165, 1.54) is 11.8 Å². The zero-order valence-electron chi connectivity index (χ0n) is 14.9. The molecule has 1 heterocycles. The lowest BCUT2D eigenvalue weighted by molar-refractivity contribution is -0.122. The Hall–Kier alpha value is -1.05. The summed E-state index contributed by atoms with van der Waals surface area (Å²) in [5.41, 5.74) is 1.62. The summed E-state index contributed by atoms with van der Waals surface area (Å²) < 4.78 is 7.46. The number of carbonyl (C=O) groups excluding carboxylic acids is 1. The molecule has 0 spiro atoms. The van der Waals surface area contributed by atoms with Gasteiger partial charge in [0.25, 0.3) is 5.91 Å². The molecule has 1 saturated heterocycles. The Kier molecular flexibility index (Phi) is 7.45. The van der Waals surface area contributed by atoms with E-state index in [0.29, 0.717) is 31.6 Å². The van der Waals surface area contributed by atoms with E-state index in [-0.39, 0.29) is 12.5 Å². The van der Waals surface area contributed by atoms with Crippen molar-refractivity contribution >= 4 is 79.4 Å². The predicted octanol–water partition coefficient (Wildman–Crippen LogP) is 6.95. The third kappa shape index (κ3) is 5.10. The van der Waals surface area contributed by atoms with Crippen LogP contribution in [-0.4, -0.2) is 21.7 Å². The minimum atomic E-state index is -0.0662. The van der Waals surface area contributed by atoms with Gasteiger partial charge in [0.2, 0.25) is 0 Å². The van der Waals surface area contributed by atoms with Crippen LogP contribution >= 0.6 is 63.1 Å². The molecule has 1 aliphatic heterocycles. The molecule has 28 heavy (non-hydrogen) atoms. The van der Waals surface area contributed by atoms with Crippen LogP contribution < -0.4 is 4.74 Å². The lowest BCUT2D eigenvalue weighted by atomic mass is 10.1. The molecule has 146 valence electrons. The number of carbonyl (C=O) groups is 1. The maximum Gasteiger partial charge on any atom is 0.266 e. The monoisotopic (exact) mass is 515 g/mol. The Morgan fingerprint density at radius 1 is 1.25 bits per heavy atom. The lowest BCUT2D eigenvalue weighted by Gasteiger charge is -2.12. The minimum Gasteiger partial charge on any atom is -0.488 e. The first-order valence-corrected chi connectivity index (χ1v) is 11.3. The van der Waals surface area contributed by atoms with E-state index in [1.807, 2.05) is 37.3 Å². The molecule has 0 unspecified atom stereocenters. The van der Waals surface area contributed by atoms with E-state index in [1.54, 1.807) is 17.0 Å². The van der Waals surface area contributed by atoms with Gasteiger partial charge >= 0.3 is 0 Å². The van der Waals surface area contributed by atoms with Crippen molar-refractivity contribution in [1.29, 1.82) is 0 Å². The van der Waals surface area contributed by atoms with Gasteiger partial charge in [0.05, 0.1) is 4.91 Å². The summed E-state index contributed by atoms with van der Waals surface area (Å²) in [5.74, 6) is 0.582. The molecule has 2 aromatic carbocycles. The molecule has 1 fully saturated rings. The Morgan fingerprint density at radius 2 is 2.04 bits per heavy atom. The molecule has 2 aromatic rings. The topological polar surface area (TPSA) is 29.5 Å². The molecule has 0 atom stereocenters. The summed E-state index contributed by atoms with van der Waals surface area (Å²) in [4.78, 5) is 14.9. The van der Waals surface area contributed by atoms with Crippen molar-refractivity contribution in [3.05, 3.63) is 66.9 Å². The zero-order valence-corrected chi connectivity index (χ0v) is 19.6. The van der Waals surface area contributed by atoms with E-state index in [0.717, 1.165) is 22.0 Å². The van der Waals surface area contributed by atoms with Crippen LogP contribution in [0.5, 0.6) is 5.75 Å². The highest BCUT2D eigenvalue weighted by molar-refractivity contribution is 9.10. The molecule has 3 rings (SSSR count). The SMILES string of the molecule is CCCN1C(=O)/C(=C\c2cc(Br)ccc2OCc2ccc(Cl)cc2Cl)SC1=S. The Balaban J connectivity index is 1.85. The van der Waals surface area contributed by atoms with Gasteiger partial charge < -0.3 is 4.74 Å². The van der Waals surface area contributed by atoms with Crippen molar-refractivity contribution in [2.75, 3.05) is 6.54 Å². The normalized spacial score (nSPS) is 15.6. The summed E-state index contributed by atoms with van der Waals surface area (Å²) in [7, 11) is 0. The maximum absolute atomic E-state index is 12.6. The molecule has 0 N–H and O–H groups in total. The third-order valence-electron chi connectivity index (χ3n) is 3.98. The average Bonchev–Trinajstić information content (AvgIpc) is 2.90. The van der Waals surface area contributed by atoms with E-state index in [4.69, 9.17) is 40.2 Å². The molecule has 1 aliphatic rings. The fourth-order valence-corrected chi connectivity index (χ4v) is 4.76. The zero-order chi connectivity index (χ0) is 20.3. The van der Waals surface area contributed by atoms with E-state index in [2.05, 4.69) is 15.9 Å². The summed E-state index contributed by atoms with van der Waals surface area (Å²) in [5, 5.41) is 1.12. The van der Waals surface area contributed by atoms with Crippen LogP contribution in [0.15, 0.2) is 45.8 Å². The smallest absolute Gasteiger partial charge is 0.266 e. The number of thioether (sulfide) groups is 1. The van der Waals surface area contributed by atoms with Crippen LogP contribution in [-0.2, 0) is 11.4 Å². The Morgan fingerprint density at radius 3 is 2.75 bits per heavy atom. The Labute approximate surface area is 192 Å². The first kappa shape index (κ1) is 21.7. The van der Waals surface area contributed by atoms with Gasteiger partial charge in [-0.05, 0) is 42.8 Å². The van der Waals surface area contributed by atoms with Gasteiger partial charge in [0.15, 0.2) is 0 Å². The second kappa shape index (κ2) is 9.63. The highest BCUT2D eigenvalue weighted by atomic mass is 79.9. The number of halogens is 3. The average molecular weight is 517 g/mol. The molecular weight excluding hydrogens is 501 g/mol. The van der Waals surface area contributed by atoms with Crippen LogP contribution in [0.1, 0.15) is 24.5 Å². The minimum absolute atomic E-state index is 0.0662. The van der Waals surface area contributed by atoms with Crippen molar-refractivity contribution in [3.63, 3.8) is 0 Å². The van der Waals surface area contributed by atoms with E-state index in [9.17, 15) is 4.79 Å².